The van der Waals surface area contributed by atoms with Gasteiger partial charge in [0.1, 0.15) is 11.9 Å². The van der Waals surface area contributed by atoms with Crippen LogP contribution in [0.1, 0.15) is 15.9 Å². The highest BCUT2D eigenvalue weighted by molar-refractivity contribution is 7.89. The standard InChI is InChI=1S/C25H22FN3O4S/c1-16-6-9-18(10-7-16)34(32,33)28-12-13-29-23(15-28)24(30)27-22-11-8-17(14-20(22)25(29)31)19-4-2-3-5-21(19)26/h2-11,14,23H,12-13,15H2,1H3,(H,27,30)/t23-/m0/s1. The topological polar surface area (TPSA) is 86.8 Å². The van der Waals surface area contributed by atoms with Gasteiger partial charge in [-0.05, 0) is 42.8 Å². The number of hydrogen-bond donors (Lipinski definition) is 1. The molecule has 0 radical (unpaired) electrons. The average Bonchev–Trinajstić information content (AvgIpc) is 2.93. The van der Waals surface area contributed by atoms with Crippen LogP contribution in [0.2, 0.25) is 0 Å². The van der Waals surface area contributed by atoms with Crippen LogP contribution >= 0.6 is 0 Å². The molecule has 174 valence electrons. The normalized spacial score (nSPS) is 18.6. The summed E-state index contributed by atoms with van der Waals surface area (Å²) in [7, 11) is -3.82. The van der Waals surface area contributed by atoms with E-state index in [-0.39, 0.29) is 30.1 Å². The van der Waals surface area contributed by atoms with Crippen molar-refractivity contribution >= 4 is 27.5 Å². The molecule has 7 nitrogen and oxygen atoms in total. The highest BCUT2D eigenvalue weighted by Gasteiger charge is 2.42. The van der Waals surface area contributed by atoms with Crippen molar-refractivity contribution in [2.75, 3.05) is 25.0 Å². The Morgan fingerprint density at radius 2 is 1.68 bits per heavy atom. The Kier molecular flexibility index (Phi) is 5.45. The van der Waals surface area contributed by atoms with Crippen LogP contribution in [0.25, 0.3) is 11.1 Å². The van der Waals surface area contributed by atoms with E-state index in [9.17, 15) is 22.4 Å². The van der Waals surface area contributed by atoms with Crippen LogP contribution in [0.3, 0.4) is 0 Å². The van der Waals surface area contributed by atoms with E-state index in [1.54, 1.807) is 48.5 Å². The quantitative estimate of drug-likeness (QED) is 0.625. The summed E-state index contributed by atoms with van der Waals surface area (Å²) < 4.78 is 41.9. The fourth-order valence-electron chi connectivity index (χ4n) is 4.37. The van der Waals surface area contributed by atoms with Gasteiger partial charge >= 0.3 is 0 Å². The summed E-state index contributed by atoms with van der Waals surface area (Å²) in [6.45, 7) is 1.84. The summed E-state index contributed by atoms with van der Waals surface area (Å²) in [5.74, 6) is -1.28. The van der Waals surface area contributed by atoms with Gasteiger partial charge in [0.05, 0.1) is 16.1 Å². The Hall–Kier alpha value is -3.56. The minimum absolute atomic E-state index is 0.0609. The monoisotopic (exact) mass is 479 g/mol. The van der Waals surface area contributed by atoms with Gasteiger partial charge in [-0.3, -0.25) is 9.59 Å². The lowest BCUT2D eigenvalue weighted by molar-refractivity contribution is -0.121. The van der Waals surface area contributed by atoms with Crippen LogP contribution in [0.5, 0.6) is 0 Å². The second-order valence-electron chi connectivity index (χ2n) is 8.42. The molecule has 1 atom stereocenters. The Labute approximate surface area is 196 Å². The molecule has 1 fully saturated rings. The van der Waals surface area contributed by atoms with E-state index >= 15 is 0 Å². The van der Waals surface area contributed by atoms with Gasteiger partial charge in [0.15, 0.2) is 0 Å². The number of anilines is 1. The molecular weight excluding hydrogens is 457 g/mol. The number of carbonyl (C=O) groups excluding carboxylic acids is 2. The SMILES string of the molecule is Cc1ccc(S(=O)(=O)N2CCN3C(=O)c4cc(-c5ccccc5F)ccc4NC(=O)[C@@H]3C2)cc1. The van der Waals surface area contributed by atoms with Crippen molar-refractivity contribution in [2.45, 2.75) is 17.9 Å². The summed E-state index contributed by atoms with van der Waals surface area (Å²) >= 11 is 0. The summed E-state index contributed by atoms with van der Waals surface area (Å²) in [6.07, 6.45) is 0. The van der Waals surface area contributed by atoms with Crippen molar-refractivity contribution in [3.63, 3.8) is 0 Å². The molecule has 9 heteroatoms. The second-order valence-corrected chi connectivity index (χ2v) is 10.4. The summed E-state index contributed by atoms with van der Waals surface area (Å²) in [5.41, 5.74) is 2.35. The first-order chi connectivity index (χ1) is 16.3. The maximum Gasteiger partial charge on any atom is 0.256 e. The number of fused-ring (bicyclic) bond motifs is 2. The van der Waals surface area contributed by atoms with E-state index in [2.05, 4.69) is 5.32 Å². The van der Waals surface area contributed by atoms with Gasteiger partial charge in [0.2, 0.25) is 15.9 Å². The lowest BCUT2D eigenvalue weighted by Gasteiger charge is -2.38. The molecule has 1 N–H and O–H groups in total. The van der Waals surface area contributed by atoms with Crippen molar-refractivity contribution in [3.8, 4) is 11.1 Å². The van der Waals surface area contributed by atoms with Gasteiger partial charge in [-0.2, -0.15) is 4.31 Å². The number of halogens is 1. The molecule has 2 aliphatic rings. The molecule has 34 heavy (non-hydrogen) atoms. The number of amides is 2. The number of sulfonamides is 1. The number of carbonyl (C=O) groups is 2. The number of rotatable bonds is 3. The van der Waals surface area contributed by atoms with E-state index in [1.165, 1.54) is 27.4 Å². The molecule has 0 saturated carbocycles. The Bertz CT molecular complexity index is 1410. The molecule has 3 aromatic rings. The van der Waals surface area contributed by atoms with Gasteiger partial charge in [-0.25, -0.2) is 12.8 Å². The van der Waals surface area contributed by atoms with Gasteiger partial charge < -0.3 is 10.2 Å². The van der Waals surface area contributed by atoms with Gasteiger partial charge in [0.25, 0.3) is 5.91 Å². The van der Waals surface area contributed by atoms with E-state index in [4.69, 9.17) is 0 Å². The molecular formula is C25H22FN3O4S. The first kappa shape index (κ1) is 22.2. The van der Waals surface area contributed by atoms with E-state index in [0.29, 0.717) is 16.8 Å². The van der Waals surface area contributed by atoms with Crippen molar-refractivity contribution in [2.24, 2.45) is 0 Å². The molecule has 0 aromatic heterocycles. The number of benzene rings is 3. The number of aryl methyl sites for hydroxylation is 1. The molecule has 0 spiro atoms. The van der Waals surface area contributed by atoms with Gasteiger partial charge in [-0.1, -0.05) is 42.0 Å². The molecule has 1 saturated heterocycles. The lowest BCUT2D eigenvalue weighted by Crippen LogP contribution is -2.59. The Morgan fingerprint density at radius 1 is 0.941 bits per heavy atom. The van der Waals surface area contributed by atoms with Crippen molar-refractivity contribution in [1.82, 2.24) is 9.21 Å². The third-order valence-electron chi connectivity index (χ3n) is 6.26. The number of nitrogens with one attached hydrogen (secondary N) is 1. The van der Waals surface area contributed by atoms with Gasteiger partial charge in [0, 0.05) is 25.2 Å². The molecule has 0 unspecified atom stereocenters. The van der Waals surface area contributed by atoms with Crippen LogP contribution in [-0.4, -0.2) is 55.1 Å². The zero-order chi connectivity index (χ0) is 24.0. The lowest BCUT2D eigenvalue weighted by atomic mass is 10.0. The van der Waals surface area contributed by atoms with Crippen molar-refractivity contribution in [3.05, 3.63) is 83.7 Å². The molecule has 2 heterocycles. The maximum absolute atomic E-state index is 14.3. The third kappa shape index (κ3) is 3.76. The number of hydrogen-bond acceptors (Lipinski definition) is 4. The fourth-order valence-corrected chi connectivity index (χ4v) is 5.80. The fraction of sp³-hybridized carbons (Fsp3) is 0.200. The zero-order valence-electron chi connectivity index (χ0n) is 18.4. The van der Waals surface area contributed by atoms with E-state index in [0.717, 1.165) is 5.56 Å². The summed E-state index contributed by atoms with van der Waals surface area (Å²) in [6, 6.07) is 16.6. The van der Waals surface area contributed by atoms with Crippen LogP contribution in [-0.2, 0) is 14.8 Å². The number of nitrogens with zero attached hydrogens (tertiary/aromatic N) is 2. The van der Waals surface area contributed by atoms with E-state index < -0.39 is 33.7 Å². The first-order valence-electron chi connectivity index (χ1n) is 10.8. The molecule has 2 aliphatic heterocycles. The predicted octanol–water partition coefficient (Wildman–Crippen LogP) is 3.27. The minimum atomic E-state index is -3.82. The highest BCUT2D eigenvalue weighted by atomic mass is 32.2. The van der Waals surface area contributed by atoms with Crippen molar-refractivity contribution in [1.29, 1.82) is 0 Å². The molecule has 3 aromatic carbocycles. The highest BCUT2D eigenvalue weighted by Crippen LogP contribution is 2.32. The van der Waals surface area contributed by atoms with Crippen LogP contribution in [0, 0.1) is 12.7 Å². The van der Waals surface area contributed by atoms with Crippen molar-refractivity contribution < 1.29 is 22.4 Å². The zero-order valence-corrected chi connectivity index (χ0v) is 19.2. The molecule has 0 aliphatic carbocycles. The molecule has 2 amide bonds. The Morgan fingerprint density at radius 3 is 2.41 bits per heavy atom. The second kappa shape index (κ2) is 8.34. The van der Waals surface area contributed by atoms with Gasteiger partial charge in [-0.15, -0.1) is 0 Å². The molecule has 0 bridgehead atoms. The minimum Gasteiger partial charge on any atom is -0.324 e. The molecule has 5 rings (SSSR count). The number of piperazine rings is 1. The maximum atomic E-state index is 14.3. The van der Waals surface area contributed by atoms with Crippen LogP contribution < -0.4 is 5.32 Å². The first-order valence-corrected chi connectivity index (χ1v) is 12.3. The predicted molar refractivity (Wildman–Crippen MR) is 125 cm³/mol. The smallest absolute Gasteiger partial charge is 0.256 e. The summed E-state index contributed by atoms with van der Waals surface area (Å²) in [5, 5.41) is 2.75. The Balaban J connectivity index is 1.46. The van der Waals surface area contributed by atoms with Crippen LogP contribution in [0.15, 0.2) is 71.6 Å². The van der Waals surface area contributed by atoms with E-state index in [1.807, 2.05) is 6.92 Å². The average molecular weight is 480 g/mol. The third-order valence-corrected chi connectivity index (χ3v) is 8.14. The van der Waals surface area contributed by atoms with Crippen LogP contribution in [0.4, 0.5) is 10.1 Å². The summed E-state index contributed by atoms with van der Waals surface area (Å²) in [4.78, 5) is 28.0. The largest absolute Gasteiger partial charge is 0.324 e.